The Kier molecular flexibility index (Phi) is 5.63. The van der Waals surface area contributed by atoms with E-state index in [-0.39, 0.29) is 11.8 Å². The quantitative estimate of drug-likeness (QED) is 0.833. The van der Waals surface area contributed by atoms with E-state index < -0.39 is 0 Å². The molecule has 0 saturated carbocycles. The first-order valence-electron chi connectivity index (χ1n) is 7.88. The van der Waals surface area contributed by atoms with Crippen LogP contribution in [0.4, 0.5) is 0 Å². The number of phenolic OH excluding ortho intramolecular Hbond substituents is 1. The smallest absolute Gasteiger partial charge is 0.140 e. The summed E-state index contributed by atoms with van der Waals surface area (Å²) in [7, 11) is 0. The fourth-order valence-electron chi connectivity index (χ4n) is 3.55. The highest BCUT2D eigenvalue weighted by atomic mass is 79.9. The highest BCUT2D eigenvalue weighted by Crippen LogP contribution is 2.45. The van der Waals surface area contributed by atoms with Crippen molar-refractivity contribution in [3.8, 4) is 5.75 Å². The molecule has 0 bridgehead atoms. The van der Waals surface area contributed by atoms with E-state index in [1.807, 2.05) is 6.07 Å². The van der Waals surface area contributed by atoms with E-state index in [2.05, 4.69) is 26.1 Å². The molecule has 4 nitrogen and oxygen atoms in total. The van der Waals surface area contributed by atoms with E-state index in [9.17, 15) is 5.11 Å². The van der Waals surface area contributed by atoms with Crippen LogP contribution >= 0.6 is 27.5 Å². The largest absolute Gasteiger partial charge is 0.506 e. The molecule has 2 fully saturated rings. The molecular formula is C16H22BrClN2O2. The number of rotatable bonds is 3. The minimum absolute atomic E-state index is 0.180. The van der Waals surface area contributed by atoms with Gasteiger partial charge in [-0.2, -0.15) is 0 Å². The first-order chi connectivity index (χ1) is 10.7. The van der Waals surface area contributed by atoms with E-state index in [0.29, 0.717) is 10.9 Å². The monoisotopic (exact) mass is 388 g/mol. The van der Waals surface area contributed by atoms with Crippen LogP contribution in [0.2, 0.25) is 5.02 Å². The molecule has 0 amide bonds. The van der Waals surface area contributed by atoms with Gasteiger partial charge in [0.15, 0.2) is 0 Å². The minimum Gasteiger partial charge on any atom is -0.506 e. The van der Waals surface area contributed by atoms with Crippen molar-refractivity contribution in [3.63, 3.8) is 0 Å². The van der Waals surface area contributed by atoms with E-state index in [1.165, 1.54) is 0 Å². The van der Waals surface area contributed by atoms with Gasteiger partial charge in [-0.3, -0.25) is 4.90 Å². The van der Waals surface area contributed by atoms with Crippen LogP contribution in [0.5, 0.6) is 5.75 Å². The number of nitrogens with zero attached hydrogens (tertiary/aromatic N) is 1. The van der Waals surface area contributed by atoms with Gasteiger partial charge in [-0.25, -0.2) is 0 Å². The van der Waals surface area contributed by atoms with Crippen LogP contribution in [-0.2, 0) is 4.74 Å². The third kappa shape index (κ3) is 3.44. The highest BCUT2D eigenvalue weighted by molar-refractivity contribution is 9.10. The zero-order valence-electron chi connectivity index (χ0n) is 12.5. The van der Waals surface area contributed by atoms with Crippen LogP contribution in [-0.4, -0.2) is 49.4 Å². The predicted octanol–water partition coefficient (Wildman–Crippen LogP) is 3.18. The number of piperazine rings is 1. The second-order valence-electron chi connectivity index (χ2n) is 5.97. The van der Waals surface area contributed by atoms with Crippen molar-refractivity contribution in [2.24, 2.45) is 5.92 Å². The average Bonchev–Trinajstić information content (AvgIpc) is 2.57. The van der Waals surface area contributed by atoms with Gasteiger partial charge in [-0.15, -0.1) is 0 Å². The summed E-state index contributed by atoms with van der Waals surface area (Å²) in [6, 6.07) is 3.86. The Balaban J connectivity index is 1.98. The number of nitrogens with one attached hydrogen (secondary N) is 1. The molecule has 1 aromatic carbocycles. The van der Waals surface area contributed by atoms with Crippen molar-refractivity contribution in [3.05, 3.63) is 27.2 Å². The molecular weight excluding hydrogens is 368 g/mol. The summed E-state index contributed by atoms with van der Waals surface area (Å²) in [6.45, 7) is 5.54. The molecule has 2 aliphatic heterocycles. The Morgan fingerprint density at radius 1 is 1.27 bits per heavy atom. The van der Waals surface area contributed by atoms with E-state index in [4.69, 9.17) is 16.3 Å². The first kappa shape index (κ1) is 16.5. The average molecular weight is 390 g/mol. The number of hydrogen-bond acceptors (Lipinski definition) is 4. The molecule has 2 N–H and O–H groups in total. The summed E-state index contributed by atoms with van der Waals surface area (Å²) in [4.78, 5) is 2.47. The first-order valence-corrected chi connectivity index (χ1v) is 9.05. The third-order valence-electron chi connectivity index (χ3n) is 4.67. The Hall–Kier alpha value is -0.330. The molecule has 6 heteroatoms. The number of halogens is 2. The van der Waals surface area contributed by atoms with Gasteiger partial charge in [0, 0.05) is 55.5 Å². The lowest BCUT2D eigenvalue weighted by Gasteiger charge is -2.41. The molecule has 0 aliphatic carbocycles. The van der Waals surface area contributed by atoms with Gasteiger partial charge in [0.25, 0.3) is 0 Å². The van der Waals surface area contributed by atoms with Gasteiger partial charge < -0.3 is 15.2 Å². The van der Waals surface area contributed by atoms with Gasteiger partial charge in [0.1, 0.15) is 5.75 Å². The van der Waals surface area contributed by atoms with Gasteiger partial charge in [-0.1, -0.05) is 27.5 Å². The molecule has 1 atom stereocenters. The molecule has 2 saturated heterocycles. The van der Waals surface area contributed by atoms with Crippen LogP contribution in [0.15, 0.2) is 16.6 Å². The van der Waals surface area contributed by atoms with Crippen LogP contribution in [0, 0.1) is 5.92 Å². The Morgan fingerprint density at radius 2 is 1.95 bits per heavy atom. The van der Waals surface area contributed by atoms with Gasteiger partial charge in [-0.05, 0) is 30.9 Å². The number of ether oxygens (including phenoxy) is 1. The van der Waals surface area contributed by atoms with Crippen LogP contribution in [0.3, 0.4) is 0 Å². The van der Waals surface area contributed by atoms with E-state index in [0.717, 1.165) is 62.3 Å². The molecule has 0 aromatic heterocycles. The number of phenols is 1. The maximum Gasteiger partial charge on any atom is 0.140 e. The van der Waals surface area contributed by atoms with Gasteiger partial charge >= 0.3 is 0 Å². The normalized spacial score (nSPS) is 22.6. The lowest BCUT2D eigenvalue weighted by Crippen LogP contribution is -2.47. The van der Waals surface area contributed by atoms with Crippen molar-refractivity contribution in [2.45, 2.75) is 18.9 Å². The molecule has 0 radical (unpaired) electrons. The molecule has 2 aliphatic rings. The van der Waals surface area contributed by atoms with Crippen molar-refractivity contribution in [2.75, 3.05) is 39.4 Å². The standard InChI is InChI=1S/C16H22BrClN2O2/c17-12-1-2-13(18)16(21)14(12)15(11-3-9-22-10-4-11)20-7-5-19-6-8-20/h1-2,11,15,19,21H,3-10H2/t15-/m1/s1. The predicted molar refractivity (Wildman–Crippen MR) is 91.5 cm³/mol. The molecule has 0 unspecified atom stereocenters. The second kappa shape index (κ2) is 7.49. The summed E-state index contributed by atoms with van der Waals surface area (Å²) in [6.07, 6.45) is 2.04. The fraction of sp³-hybridized carbons (Fsp3) is 0.625. The zero-order chi connectivity index (χ0) is 15.5. The van der Waals surface area contributed by atoms with Crippen LogP contribution < -0.4 is 5.32 Å². The summed E-state index contributed by atoms with van der Waals surface area (Å²) >= 11 is 9.80. The molecule has 122 valence electrons. The Bertz CT molecular complexity index is 499. The van der Waals surface area contributed by atoms with Crippen molar-refractivity contribution >= 4 is 27.5 Å². The number of aromatic hydroxyl groups is 1. The van der Waals surface area contributed by atoms with Crippen molar-refractivity contribution in [1.29, 1.82) is 0 Å². The zero-order valence-corrected chi connectivity index (χ0v) is 14.9. The number of benzene rings is 1. The van der Waals surface area contributed by atoms with Gasteiger partial charge in [0.05, 0.1) is 5.02 Å². The van der Waals surface area contributed by atoms with Gasteiger partial charge in [0.2, 0.25) is 0 Å². The maximum absolute atomic E-state index is 10.6. The second-order valence-corrected chi connectivity index (χ2v) is 7.23. The Morgan fingerprint density at radius 3 is 2.64 bits per heavy atom. The number of hydrogen-bond donors (Lipinski definition) is 2. The summed E-state index contributed by atoms with van der Waals surface area (Å²) in [5, 5.41) is 14.4. The highest BCUT2D eigenvalue weighted by Gasteiger charge is 2.34. The molecule has 1 aromatic rings. The molecule has 0 spiro atoms. The SMILES string of the molecule is Oc1c(Cl)ccc(Br)c1[C@@H](C1CCOCC1)N1CCNCC1. The fourth-order valence-corrected chi connectivity index (χ4v) is 4.27. The van der Waals surface area contributed by atoms with E-state index >= 15 is 0 Å². The van der Waals surface area contributed by atoms with E-state index in [1.54, 1.807) is 6.07 Å². The Labute approximate surface area is 144 Å². The van der Waals surface area contributed by atoms with Crippen LogP contribution in [0.25, 0.3) is 0 Å². The minimum atomic E-state index is 0.180. The summed E-state index contributed by atoms with van der Waals surface area (Å²) in [5.74, 6) is 0.693. The molecule has 2 heterocycles. The van der Waals surface area contributed by atoms with Crippen molar-refractivity contribution in [1.82, 2.24) is 10.2 Å². The van der Waals surface area contributed by atoms with Crippen molar-refractivity contribution < 1.29 is 9.84 Å². The summed E-state index contributed by atoms with van der Waals surface area (Å²) < 4.78 is 6.46. The van der Waals surface area contributed by atoms with Crippen LogP contribution in [0.1, 0.15) is 24.4 Å². The lowest BCUT2D eigenvalue weighted by molar-refractivity contribution is 0.0204. The summed E-state index contributed by atoms with van der Waals surface area (Å²) in [5.41, 5.74) is 0.932. The maximum atomic E-state index is 10.6. The third-order valence-corrected chi connectivity index (χ3v) is 5.66. The molecule has 22 heavy (non-hydrogen) atoms. The topological polar surface area (TPSA) is 44.7 Å². The lowest BCUT2D eigenvalue weighted by atomic mass is 9.85. The molecule has 3 rings (SSSR count).